The third kappa shape index (κ3) is 4.11. The Balaban J connectivity index is 0.00000200. The molecule has 0 bridgehead atoms. The van der Waals surface area contributed by atoms with Crippen LogP contribution < -0.4 is 10.1 Å². The van der Waals surface area contributed by atoms with Crippen LogP contribution in [0.15, 0.2) is 22.7 Å². The van der Waals surface area contributed by atoms with Crippen molar-refractivity contribution in [2.75, 3.05) is 13.7 Å². The lowest BCUT2D eigenvalue weighted by atomic mass is 10.1. The van der Waals surface area contributed by atoms with Crippen LogP contribution in [0.3, 0.4) is 0 Å². The number of ether oxygens (including phenoxy) is 2. The summed E-state index contributed by atoms with van der Waals surface area (Å²) >= 11 is 3.46. The standard InChI is InChI=1S/C14H18BrNO3.ClH/c1-3-9-6-10(15)4-5-13(9)19-11-7-12(16-8-11)14(17)18-2;/h4-6,11-12,16H,3,7-8H2,1-2H3;1H. The van der Waals surface area contributed by atoms with Crippen LogP contribution in [0.4, 0.5) is 0 Å². The molecule has 20 heavy (non-hydrogen) atoms. The normalized spacial score (nSPS) is 21.1. The van der Waals surface area contributed by atoms with E-state index in [1.807, 2.05) is 12.1 Å². The molecule has 4 nitrogen and oxygen atoms in total. The molecular weight excluding hydrogens is 346 g/mol. The van der Waals surface area contributed by atoms with Crippen LogP contribution >= 0.6 is 28.3 Å². The second-order valence-corrected chi connectivity index (χ2v) is 5.48. The molecular formula is C14H19BrClNO3. The summed E-state index contributed by atoms with van der Waals surface area (Å²) in [5, 5.41) is 3.12. The summed E-state index contributed by atoms with van der Waals surface area (Å²) < 4.78 is 11.8. The van der Waals surface area contributed by atoms with E-state index >= 15 is 0 Å². The van der Waals surface area contributed by atoms with Crippen LogP contribution in [0, 0.1) is 0 Å². The molecule has 0 aromatic heterocycles. The second-order valence-electron chi connectivity index (χ2n) is 4.57. The number of hydrogen-bond acceptors (Lipinski definition) is 4. The van der Waals surface area contributed by atoms with Gasteiger partial charge >= 0.3 is 5.97 Å². The van der Waals surface area contributed by atoms with Gasteiger partial charge in [-0.05, 0) is 30.2 Å². The number of esters is 1. The lowest BCUT2D eigenvalue weighted by molar-refractivity contribution is -0.142. The van der Waals surface area contributed by atoms with Gasteiger partial charge in [-0.2, -0.15) is 0 Å². The zero-order chi connectivity index (χ0) is 13.8. The van der Waals surface area contributed by atoms with E-state index in [1.54, 1.807) is 0 Å². The molecule has 0 aliphatic carbocycles. The number of hydrogen-bond donors (Lipinski definition) is 1. The Morgan fingerprint density at radius 2 is 2.25 bits per heavy atom. The van der Waals surface area contributed by atoms with E-state index < -0.39 is 0 Å². The Hall–Kier alpha value is -0.780. The summed E-state index contributed by atoms with van der Waals surface area (Å²) in [6, 6.07) is 5.74. The van der Waals surface area contributed by atoms with Crippen LogP contribution in [0.2, 0.25) is 0 Å². The lowest BCUT2D eigenvalue weighted by Crippen LogP contribution is -2.31. The molecule has 112 valence electrons. The highest BCUT2D eigenvalue weighted by atomic mass is 79.9. The molecule has 1 aliphatic heterocycles. The van der Waals surface area contributed by atoms with Gasteiger partial charge in [-0.3, -0.25) is 4.79 Å². The molecule has 1 fully saturated rings. The molecule has 2 atom stereocenters. The molecule has 1 N–H and O–H groups in total. The van der Waals surface area contributed by atoms with Crippen LogP contribution in [-0.2, 0) is 16.0 Å². The predicted molar refractivity (Wildman–Crippen MR) is 83.6 cm³/mol. The first-order valence-electron chi connectivity index (χ1n) is 6.40. The maximum absolute atomic E-state index is 11.4. The van der Waals surface area contributed by atoms with Crippen LogP contribution in [0.1, 0.15) is 18.9 Å². The van der Waals surface area contributed by atoms with Gasteiger partial charge in [0, 0.05) is 17.4 Å². The van der Waals surface area contributed by atoms with Gasteiger partial charge in [-0.25, -0.2) is 0 Å². The predicted octanol–water partition coefficient (Wildman–Crippen LogP) is 2.72. The van der Waals surface area contributed by atoms with Crippen molar-refractivity contribution in [1.82, 2.24) is 5.32 Å². The fourth-order valence-corrected chi connectivity index (χ4v) is 2.64. The Labute approximate surface area is 133 Å². The zero-order valence-corrected chi connectivity index (χ0v) is 13.9. The van der Waals surface area contributed by atoms with Gasteiger partial charge in [0.05, 0.1) is 7.11 Å². The molecule has 2 unspecified atom stereocenters. The Bertz CT molecular complexity index is 470. The number of halogens is 2. The van der Waals surface area contributed by atoms with Crippen molar-refractivity contribution in [3.8, 4) is 5.75 Å². The summed E-state index contributed by atoms with van der Waals surface area (Å²) in [5.41, 5.74) is 1.16. The fraction of sp³-hybridized carbons (Fsp3) is 0.500. The van der Waals surface area contributed by atoms with E-state index in [-0.39, 0.29) is 30.5 Å². The molecule has 1 aromatic carbocycles. The highest BCUT2D eigenvalue weighted by Crippen LogP contribution is 2.26. The van der Waals surface area contributed by atoms with Crippen LogP contribution in [0.5, 0.6) is 5.75 Å². The summed E-state index contributed by atoms with van der Waals surface area (Å²) in [6.45, 7) is 2.76. The first-order valence-corrected chi connectivity index (χ1v) is 7.19. The maximum Gasteiger partial charge on any atom is 0.323 e. The van der Waals surface area contributed by atoms with Gasteiger partial charge in [0.25, 0.3) is 0 Å². The van der Waals surface area contributed by atoms with Crippen LogP contribution in [0.25, 0.3) is 0 Å². The average molecular weight is 365 g/mol. The summed E-state index contributed by atoms with van der Waals surface area (Å²) in [4.78, 5) is 11.4. The Morgan fingerprint density at radius 1 is 1.50 bits per heavy atom. The van der Waals surface area contributed by atoms with Gasteiger partial charge in [-0.15, -0.1) is 12.4 Å². The first-order chi connectivity index (χ1) is 9.13. The molecule has 1 aromatic rings. The van der Waals surface area contributed by atoms with Crippen molar-refractivity contribution in [2.24, 2.45) is 0 Å². The lowest BCUT2D eigenvalue weighted by Gasteiger charge is -2.16. The Kier molecular flexibility index (Phi) is 6.79. The molecule has 0 radical (unpaired) electrons. The number of carbonyl (C=O) groups excluding carboxylic acids is 1. The molecule has 1 aliphatic rings. The van der Waals surface area contributed by atoms with Crippen molar-refractivity contribution in [3.63, 3.8) is 0 Å². The molecule has 1 heterocycles. The highest BCUT2D eigenvalue weighted by Gasteiger charge is 2.31. The summed E-state index contributed by atoms with van der Waals surface area (Å²) in [6.07, 6.45) is 1.57. The van der Waals surface area contributed by atoms with Crippen molar-refractivity contribution in [2.45, 2.75) is 31.9 Å². The van der Waals surface area contributed by atoms with Crippen molar-refractivity contribution in [1.29, 1.82) is 0 Å². The first kappa shape index (κ1) is 17.3. The highest BCUT2D eigenvalue weighted by molar-refractivity contribution is 9.10. The summed E-state index contributed by atoms with van der Waals surface area (Å²) in [5.74, 6) is 0.667. The number of methoxy groups -OCH3 is 1. The van der Waals surface area contributed by atoms with Crippen molar-refractivity contribution >= 4 is 34.3 Å². The maximum atomic E-state index is 11.4. The molecule has 6 heteroatoms. The molecule has 2 rings (SSSR count). The summed E-state index contributed by atoms with van der Waals surface area (Å²) in [7, 11) is 1.40. The van der Waals surface area contributed by atoms with Crippen molar-refractivity contribution < 1.29 is 14.3 Å². The van der Waals surface area contributed by atoms with Gasteiger partial charge in [0.15, 0.2) is 0 Å². The topological polar surface area (TPSA) is 47.6 Å². The second kappa shape index (κ2) is 7.86. The number of aryl methyl sites for hydroxylation is 1. The zero-order valence-electron chi connectivity index (χ0n) is 11.5. The quantitative estimate of drug-likeness (QED) is 0.835. The van der Waals surface area contributed by atoms with E-state index in [4.69, 9.17) is 9.47 Å². The fourth-order valence-electron chi connectivity index (χ4n) is 2.23. The van der Waals surface area contributed by atoms with Gasteiger partial charge < -0.3 is 14.8 Å². The number of rotatable bonds is 4. The van der Waals surface area contributed by atoms with Gasteiger partial charge in [0.2, 0.25) is 0 Å². The monoisotopic (exact) mass is 363 g/mol. The van der Waals surface area contributed by atoms with E-state index in [2.05, 4.69) is 34.2 Å². The number of benzene rings is 1. The van der Waals surface area contributed by atoms with E-state index in [9.17, 15) is 4.79 Å². The molecule has 0 saturated carbocycles. The smallest absolute Gasteiger partial charge is 0.323 e. The van der Waals surface area contributed by atoms with E-state index in [0.717, 1.165) is 22.2 Å². The molecule has 0 spiro atoms. The minimum absolute atomic E-state index is 0. The third-order valence-electron chi connectivity index (χ3n) is 3.27. The largest absolute Gasteiger partial charge is 0.489 e. The Morgan fingerprint density at radius 3 is 2.90 bits per heavy atom. The van der Waals surface area contributed by atoms with Gasteiger partial charge in [-0.1, -0.05) is 22.9 Å². The average Bonchev–Trinajstić information content (AvgIpc) is 2.88. The number of carbonyl (C=O) groups is 1. The molecule has 0 amide bonds. The van der Waals surface area contributed by atoms with E-state index in [0.29, 0.717) is 13.0 Å². The SMILES string of the molecule is CCc1cc(Br)ccc1OC1CNC(C(=O)OC)C1.Cl. The minimum Gasteiger partial charge on any atom is -0.489 e. The molecule has 1 saturated heterocycles. The van der Waals surface area contributed by atoms with Gasteiger partial charge in [0.1, 0.15) is 17.9 Å². The van der Waals surface area contributed by atoms with Crippen molar-refractivity contribution in [3.05, 3.63) is 28.2 Å². The number of nitrogens with one attached hydrogen (secondary N) is 1. The van der Waals surface area contributed by atoms with Crippen LogP contribution in [-0.4, -0.2) is 31.8 Å². The minimum atomic E-state index is -0.254. The third-order valence-corrected chi connectivity index (χ3v) is 3.77. The van der Waals surface area contributed by atoms with E-state index in [1.165, 1.54) is 7.11 Å².